The normalized spacial score (nSPS) is 15.1. The molecule has 172 valence electrons. The van der Waals surface area contributed by atoms with E-state index in [1.807, 2.05) is 0 Å². The first-order chi connectivity index (χ1) is 15.9. The highest BCUT2D eigenvalue weighted by molar-refractivity contribution is 6.04. The van der Waals surface area contributed by atoms with Crippen LogP contribution in [-0.2, 0) is 27.3 Å². The number of carbonyl (C=O) groups is 3. The molecule has 0 bridgehead atoms. The van der Waals surface area contributed by atoms with Gasteiger partial charge >= 0.3 is 0 Å². The van der Waals surface area contributed by atoms with Crippen LogP contribution in [0.2, 0.25) is 0 Å². The molecular weight excluding hydrogens is 426 g/mol. The second-order valence-electron chi connectivity index (χ2n) is 7.88. The maximum absolute atomic E-state index is 13.0. The van der Waals surface area contributed by atoms with Gasteiger partial charge in [0.2, 0.25) is 11.8 Å². The molecule has 33 heavy (non-hydrogen) atoms. The lowest BCUT2D eigenvalue weighted by molar-refractivity contribution is -0.363. The van der Waals surface area contributed by atoms with E-state index in [0.29, 0.717) is 35.9 Å². The molecule has 3 amide bonds. The van der Waals surface area contributed by atoms with Crippen LogP contribution in [0.25, 0.3) is 0 Å². The standard InChI is InChI=1S/C23H24N5O5/c24-22-15-5-4-14(10-13(15)12-25-22)26-23(33)19(30)11-21(32)28(8-9-29)18-3-1-2-17-16(18)6-7-20(31)27-17/h1-5,10,19,30H,6-9,11-12H2,(H2,24,25)(H,26,33)(H,27,31)/q-1/t19-/m1/s1. The number of aliphatic hydroxyl groups is 1. The molecule has 0 spiro atoms. The SMILES string of the molecule is NC1=NCc2cc(NC(=O)[C@H](O)CC(=O)N(CC[O-])c3cccc4c3CCC(=O)N4)ccc21. The van der Waals surface area contributed by atoms with Crippen molar-refractivity contribution in [2.45, 2.75) is 31.9 Å². The molecule has 0 unspecified atom stereocenters. The summed E-state index contributed by atoms with van der Waals surface area (Å²) in [5, 5.41) is 27.1. The number of nitrogens with two attached hydrogens (primary N) is 1. The Labute approximate surface area is 190 Å². The van der Waals surface area contributed by atoms with Crippen LogP contribution in [-0.4, -0.2) is 47.9 Å². The average Bonchev–Trinajstić information content (AvgIpc) is 3.16. The van der Waals surface area contributed by atoms with E-state index in [2.05, 4.69) is 15.6 Å². The lowest BCUT2D eigenvalue weighted by Crippen LogP contribution is -2.41. The van der Waals surface area contributed by atoms with Crippen molar-refractivity contribution >= 4 is 40.6 Å². The van der Waals surface area contributed by atoms with Crippen LogP contribution in [0.3, 0.4) is 0 Å². The zero-order chi connectivity index (χ0) is 23.5. The number of hydrogen-bond acceptors (Lipinski definition) is 7. The van der Waals surface area contributed by atoms with Crippen molar-refractivity contribution in [3.05, 3.63) is 53.1 Å². The van der Waals surface area contributed by atoms with E-state index in [1.54, 1.807) is 36.4 Å². The summed E-state index contributed by atoms with van der Waals surface area (Å²) in [6.07, 6.45) is -1.41. The third-order valence-electron chi connectivity index (χ3n) is 5.67. The van der Waals surface area contributed by atoms with Crippen LogP contribution < -0.4 is 26.4 Å². The Morgan fingerprint density at radius 3 is 2.88 bits per heavy atom. The minimum atomic E-state index is -1.61. The summed E-state index contributed by atoms with van der Waals surface area (Å²) in [7, 11) is 0. The first kappa shape index (κ1) is 22.4. The Morgan fingerprint density at radius 1 is 1.27 bits per heavy atom. The summed E-state index contributed by atoms with van der Waals surface area (Å²) < 4.78 is 0. The number of benzene rings is 2. The molecule has 0 aromatic heterocycles. The Bertz CT molecular complexity index is 1150. The number of aliphatic hydroxyl groups excluding tert-OH is 1. The minimum absolute atomic E-state index is 0.116. The highest BCUT2D eigenvalue weighted by Crippen LogP contribution is 2.32. The average molecular weight is 450 g/mol. The summed E-state index contributed by atoms with van der Waals surface area (Å²) >= 11 is 0. The number of hydrogen-bond donors (Lipinski definition) is 4. The minimum Gasteiger partial charge on any atom is -0.853 e. The number of amidine groups is 1. The fraction of sp³-hybridized carbons (Fsp3) is 0.304. The van der Waals surface area contributed by atoms with E-state index in [0.717, 1.165) is 16.7 Å². The van der Waals surface area contributed by atoms with Gasteiger partial charge in [-0.3, -0.25) is 19.4 Å². The molecule has 2 aliphatic heterocycles. The molecule has 4 rings (SSSR count). The molecule has 1 atom stereocenters. The molecule has 0 fully saturated rings. The van der Waals surface area contributed by atoms with Gasteiger partial charge in [0.25, 0.3) is 5.91 Å². The van der Waals surface area contributed by atoms with E-state index in [9.17, 15) is 24.6 Å². The fourth-order valence-electron chi connectivity index (χ4n) is 4.03. The number of aliphatic imine (C=N–C) groups is 1. The quantitative estimate of drug-likeness (QED) is 0.460. The molecule has 0 aliphatic carbocycles. The van der Waals surface area contributed by atoms with Gasteiger partial charge in [0, 0.05) is 35.6 Å². The Balaban J connectivity index is 1.45. The number of carbonyl (C=O) groups excluding carboxylic acids is 3. The third-order valence-corrected chi connectivity index (χ3v) is 5.67. The van der Waals surface area contributed by atoms with Crippen molar-refractivity contribution in [1.29, 1.82) is 0 Å². The first-order valence-corrected chi connectivity index (χ1v) is 10.6. The monoisotopic (exact) mass is 450 g/mol. The van der Waals surface area contributed by atoms with Gasteiger partial charge in [-0.05, 0) is 47.9 Å². The number of amides is 3. The molecule has 0 saturated heterocycles. The van der Waals surface area contributed by atoms with Crippen LogP contribution in [0.15, 0.2) is 41.4 Å². The smallest absolute Gasteiger partial charge is 0.253 e. The van der Waals surface area contributed by atoms with Gasteiger partial charge < -0.3 is 31.5 Å². The van der Waals surface area contributed by atoms with E-state index in [4.69, 9.17) is 5.73 Å². The van der Waals surface area contributed by atoms with Crippen LogP contribution in [0.4, 0.5) is 17.1 Å². The molecule has 10 nitrogen and oxygen atoms in total. The Kier molecular flexibility index (Phi) is 6.38. The van der Waals surface area contributed by atoms with Crippen LogP contribution >= 0.6 is 0 Å². The van der Waals surface area contributed by atoms with Crippen LogP contribution in [0, 0.1) is 0 Å². The van der Waals surface area contributed by atoms with Gasteiger partial charge in [-0.25, -0.2) is 0 Å². The molecule has 0 saturated carbocycles. The van der Waals surface area contributed by atoms with Gasteiger partial charge in [-0.15, -0.1) is 6.61 Å². The summed E-state index contributed by atoms with van der Waals surface area (Å²) in [4.78, 5) is 42.6. The Hall–Kier alpha value is -3.76. The van der Waals surface area contributed by atoms with Crippen LogP contribution in [0.1, 0.15) is 29.5 Å². The molecule has 2 heterocycles. The number of fused-ring (bicyclic) bond motifs is 2. The predicted octanol–water partition coefficient (Wildman–Crippen LogP) is -0.127. The van der Waals surface area contributed by atoms with Gasteiger partial charge in [0.15, 0.2) is 0 Å². The molecule has 2 aromatic carbocycles. The van der Waals surface area contributed by atoms with E-state index >= 15 is 0 Å². The zero-order valence-electron chi connectivity index (χ0n) is 17.8. The number of nitrogens with zero attached hydrogens (tertiary/aromatic N) is 2. The van der Waals surface area contributed by atoms with Crippen molar-refractivity contribution in [2.24, 2.45) is 10.7 Å². The predicted molar refractivity (Wildman–Crippen MR) is 121 cm³/mol. The van der Waals surface area contributed by atoms with Crippen molar-refractivity contribution in [3.8, 4) is 0 Å². The summed E-state index contributed by atoms with van der Waals surface area (Å²) in [5.41, 5.74) is 9.75. The maximum Gasteiger partial charge on any atom is 0.253 e. The van der Waals surface area contributed by atoms with Crippen molar-refractivity contribution in [1.82, 2.24) is 0 Å². The molecule has 2 aliphatic rings. The van der Waals surface area contributed by atoms with Crippen molar-refractivity contribution < 1.29 is 24.6 Å². The fourth-order valence-corrected chi connectivity index (χ4v) is 4.03. The van der Waals surface area contributed by atoms with E-state index in [1.165, 1.54) is 4.90 Å². The van der Waals surface area contributed by atoms with Crippen LogP contribution in [0.5, 0.6) is 0 Å². The lowest BCUT2D eigenvalue weighted by Gasteiger charge is -2.30. The highest BCUT2D eigenvalue weighted by atomic mass is 16.3. The van der Waals surface area contributed by atoms with E-state index in [-0.39, 0.29) is 18.9 Å². The molecule has 2 aromatic rings. The molecule has 10 heteroatoms. The second kappa shape index (κ2) is 9.39. The van der Waals surface area contributed by atoms with Gasteiger partial charge in [0.1, 0.15) is 11.9 Å². The summed E-state index contributed by atoms with van der Waals surface area (Å²) in [6, 6.07) is 10.2. The van der Waals surface area contributed by atoms with Crippen molar-refractivity contribution in [3.63, 3.8) is 0 Å². The zero-order valence-corrected chi connectivity index (χ0v) is 17.8. The summed E-state index contributed by atoms with van der Waals surface area (Å²) in [6.45, 7) is -0.258. The number of nitrogens with one attached hydrogen (secondary N) is 2. The largest absolute Gasteiger partial charge is 0.853 e. The number of rotatable bonds is 7. The maximum atomic E-state index is 13.0. The second-order valence-corrected chi connectivity index (χ2v) is 7.88. The topological polar surface area (TPSA) is 160 Å². The Morgan fingerprint density at radius 2 is 2.09 bits per heavy atom. The highest BCUT2D eigenvalue weighted by Gasteiger charge is 2.27. The first-order valence-electron chi connectivity index (χ1n) is 10.6. The van der Waals surface area contributed by atoms with Gasteiger partial charge in [-0.2, -0.15) is 0 Å². The molecular formula is C23H24N5O5-. The van der Waals surface area contributed by atoms with Gasteiger partial charge in [-0.1, -0.05) is 6.07 Å². The van der Waals surface area contributed by atoms with Gasteiger partial charge in [0.05, 0.1) is 13.0 Å². The summed E-state index contributed by atoms with van der Waals surface area (Å²) in [5.74, 6) is -0.975. The van der Waals surface area contributed by atoms with Crippen molar-refractivity contribution in [2.75, 3.05) is 28.7 Å². The lowest BCUT2D eigenvalue weighted by atomic mass is 9.99. The number of anilines is 3. The molecule has 0 radical (unpaired) electrons. The third kappa shape index (κ3) is 4.71. The van der Waals surface area contributed by atoms with E-state index < -0.39 is 30.9 Å². The molecule has 5 N–H and O–H groups in total.